The van der Waals surface area contributed by atoms with Gasteiger partial charge in [0.2, 0.25) is 5.95 Å². The molecule has 182 valence electrons. The summed E-state index contributed by atoms with van der Waals surface area (Å²) in [5.41, 5.74) is 3.17. The Labute approximate surface area is 206 Å². The average Bonchev–Trinajstić information content (AvgIpc) is 3.53. The van der Waals surface area contributed by atoms with E-state index in [0.29, 0.717) is 23.3 Å². The van der Waals surface area contributed by atoms with Gasteiger partial charge < -0.3 is 24.5 Å². The van der Waals surface area contributed by atoms with Gasteiger partial charge in [-0.3, -0.25) is 4.57 Å². The minimum absolute atomic E-state index is 0.254. The molecule has 0 bridgehead atoms. The van der Waals surface area contributed by atoms with Crippen LogP contribution in [0, 0.1) is 0 Å². The lowest BCUT2D eigenvalue weighted by Gasteiger charge is -2.23. The molecule has 1 aliphatic rings. The Morgan fingerprint density at radius 3 is 2.83 bits per heavy atom. The summed E-state index contributed by atoms with van der Waals surface area (Å²) in [7, 11) is 1.52. The number of nitrogens with one attached hydrogen (secondary N) is 2. The number of furan rings is 1. The number of benzene rings is 2. The molecule has 10 heteroatoms. The SMILES string of the molecule is CNC(=O)Oc1ccc2nc(-c3ccc4occc4c3)n(-c3ccnc(NC4CCOCC4)n3)c2c1. The van der Waals surface area contributed by atoms with Gasteiger partial charge in [0, 0.05) is 49.5 Å². The maximum Gasteiger partial charge on any atom is 0.412 e. The first-order valence-corrected chi connectivity index (χ1v) is 11.8. The molecular formula is C26H24N6O4. The Morgan fingerprint density at radius 2 is 1.97 bits per heavy atom. The van der Waals surface area contributed by atoms with Crippen molar-refractivity contribution < 1.29 is 18.7 Å². The number of carbonyl (C=O) groups is 1. The molecule has 2 aromatic carbocycles. The van der Waals surface area contributed by atoms with Crippen LogP contribution in [0.1, 0.15) is 12.8 Å². The average molecular weight is 485 g/mol. The van der Waals surface area contributed by atoms with Gasteiger partial charge >= 0.3 is 6.09 Å². The second kappa shape index (κ2) is 9.31. The number of anilines is 1. The van der Waals surface area contributed by atoms with E-state index in [-0.39, 0.29) is 6.04 Å². The zero-order valence-corrected chi connectivity index (χ0v) is 19.6. The molecule has 0 aliphatic carbocycles. The molecular weight excluding hydrogens is 460 g/mol. The summed E-state index contributed by atoms with van der Waals surface area (Å²) in [6.45, 7) is 1.44. The lowest BCUT2D eigenvalue weighted by atomic mass is 10.1. The fourth-order valence-electron chi connectivity index (χ4n) is 4.38. The molecule has 1 amide bonds. The van der Waals surface area contributed by atoms with Crippen LogP contribution in [0.2, 0.25) is 0 Å². The van der Waals surface area contributed by atoms with Crippen molar-refractivity contribution in [1.82, 2.24) is 24.8 Å². The van der Waals surface area contributed by atoms with E-state index >= 15 is 0 Å². The maximum absolute atomic E-state index is 11.8. The highest BCUT2D eigenvalue weighted by Crippen LogP contribution is 2.32. The van der Waals surface area contributed by atoms with Crippen molar-refractivity contribution in [3.8, 4) is 23.0 Å². The number of fused-ring (bicyclic) bond motifs is 2. The minimum atomic E-state index is -0.545. The van der Waals surface area contributed by atoms with Gasteiger partial charge in [0.05, 0.1) is 17.3 Å². The number of nitrogens with zero attached hydrogens (tertiary/aromatic N) is 4. The lowest BCUT2D eigenvalue weighted by molar-refractivity contribution is 0.0903. The van der Waals surface area contributed by atoms with Crippen LogP contribution in [0.25, 0.3) is 39.2 Å². The van der Waals surface area contributed by atoms with Crippen molar-refractivity contribution in [3.05, 3.63) is 61.0 Å². The van der Waals surface area contributed by atoms with Gasteiger partial charge in [-0.05, 0) is 55.3 Å². The van der Waals surface area contributed by atoms with Gasteiger partial charge in [0.1, 0.15) is 23.0 Å². The van der Waals surface area contributed by atoms with Crippen LogP contribution < -0.4 is 15.4 Å². The summed E-state index contributed by atoms with van der Waals surface area (Å²) < 4.78 is 18.3. The van der Waals surface area contributed by atoms with Crippen molar-refractivity contribution in [2.24, 2.45) is 0 Å². The van der Waals surface area contributed by atoms with Crippen LogP contribution in [0.5, 0.6) is 5.75 Å². The summed E-state index contributed by atoms with van der Waals surface area (Å²) >= 11 is 0. The fraction of sp³-hybridized carbons (Fsp3) is 0.231. The van der Waals surface area contributed by atoms with Crippen LogP contribution >= 0.6 is 0 Å². The predicted octanol–water partition coefficient (Wildman–Crippen LogP) is 4.54. The van der Waals surface area contributed by atoms with Crippen LogP contribution in [0.4, 0.5) is 10.7 Å². The largest absolute Gasteiger partial charge is 0.464 e. The molecule has 2 N–H and O–H groups in total. The van der Waals surface area contributed by atoms with E-state index in [1.165, 1.54) is 7.05 Å². The molecule has 4 heterocycles. The maximum atomic E-state index is 11.8. The molecule has 10 nitrogen and oxygen atoms in total. The Morgan fingerprint density at radius 1 is 1.08 bits per heavy atom. The van der Waals surface area contributed by atoms with Gasteiger partial charge in [-0.1, -0.05) is 0 Å². The van der Waals surface area contributed by atoms with Crippen LogP contribution in [0.3, 0.4) is 0 Å². The second-order valence-corrected chi connectivity index (χ2v) is 8.50. The lowest BCUT2D eigenvalue weighted by Crippen LogP contribution is -2.28. The van der Waals surface area contributed by atoms with E-state index in [2.05, 4.69) is 15.6 Å². The highest BCUT2D eigenvalue weighted by atomic mass is 16.6. The number of hydrogen-bond donors (Lipinski definition) is 2. The molecule has 0 saturated carbocycles. The Hall–Kier alpha value is -4.44. The van der Waals surface area contributed by atoms with Crippen molar-refractivity contribution in [1.29, 1.82) is 0 Å². The topological polar surface area (TPSA) is 116 Å². The van der Waals surface area contributed by atoms with Crippen LogP contribution in [-0.4, -0.2) is 51.9 Å². The van der Waals surface area contributed by atoms with Crippen molar-refractivity contribution in [2.75, 3.05) is 25.6 Å². The van der Waals surface area contributed by atoms with E-state index in [9.17, 15) is 4.79 Å². The Kier molecular flexibility index (Phi) is 5.70. The summed E-state index contributed by atoms with van der Waals surface area (Å²) in [5.74, 6) is 2.27. The minimum Gasteiger partial charge on any atom is -0.464 e. The molecule has 1 saturated heterocycles. The van der Waals surface area contributed by atoms with E-state index in [4.69, 9.17) is 23.9 Å². The molecule has 1 aliphatic heterocycles. The number of imidazole rings is 1. The number of hydrogen-bond acceptors (Lipinski definition) is 8. The summed E-state index contributed by atoms with van der Waals surface area (Å²) in [5, 5.41) is 6.87. The summed E-state index contributed by atoms with van der Waals surface area (Å²) in [4.78, 5) is 26.0. The van der Waals surface area contributed by atoms with Gasteiger partial charge in [0.25, 0.3) is 0 Å². The molecule has 5 aromatic rings. The third-order valence-corrected chi connectivity index (χ3v) is 6.18. The first kappa shape index (κ1) is 22.1. The molecule has 3 aromatic heterocycles. The van der Waals surface area contributed by atoms with Crippen molar-refractivity contribution in [2.45, 2.75) is 18.9 Å². The van der Waals surface area contributed by atoms with Gasteiger partial charge in [-0.15, -0.1) is 0 Å². The highest BCUT2D eigenvalue weighted by molar-refractivity contribution is 5.88. The molecule has 0 spiro atoms. The predicted molar refractivity (Wildman–Crippen MR) is 134 cm³/mol. The Balaban J connectivity index is 1.48. The molecule has 0 atom stereocenters. The first-order valence-electron chi connectivity index (χ1n) is 11.8. The van der Waals surface area contributed by atoms with Gasteiger partial charge in [0.15, 0.2) is 0 Å². The van der Waals surface area contributed by atoms with E-state index < -0.39 is 6.09 Å². The van der Waals surface area contributed by atoms with Crippen molar-refractivity contribution in [3.63, 3.8) is 0 Å². The molecule has 6 rings (SSSR count). The molecule has 0 radical (unpaired) electrons. The second-order valence-electron chi connectivity index (χ2n) is 8.50. The monoisotopic (exact) mass is 484 g/mol. The first-order chi connectivity index (χ1) is 17.7. The number of aromatic nitrogens is 4. The number of ether oxygens (including phenoxy) is 2. The van der Waals surface area contributed by atoms with E-state index in [0.717, 1.165) is 53.6 Å². The van der Waals surface area contributed by atoms with Gasteiger partial charge in [-0.25, -0.2) is 14.8 Å². The number of rotatable bonds is 5. The standard InChI is InChI=1S/C26H24N6O4/c1-27-26(33)36-19-3-4-20-21(15-19)32(24(30-20)17-2-5-22-16(14-17)7-13-35-22)23-6-10-28-25(31-23)29-18-8-11-34-12-9-18/h2-7,10,13-15,18H,8-9,11-12H2,1H3,(H,27,33)(H,28,29,31). The highest BCUT2D eigenvalue weighted by Gasteiger charge is 2.19. The quantitative estimate of drug-likeness (QED) is 0.374. The zero-order valence-electron chi connectivity index (χ0n) is 19.6. The molecule has 0 unspecified atom stereocenters. The third-order valence-electron chi connectivity index (χ3n) is 6.18. The molecule has 1 fully saturated rings. The normalized spacial score (nSPS) is 14.2. The Bertz CT molecular complexity index is 1550. The van der Waals surface area contributed by atoms with E-state index in [1.807, 2.05) is 41.0 Å². The number of carbonyl (C=O) groups excluding carboxylic acids is 1. The summed E-state index contributed by atoms with van der Waals surface area (Å²) in [6.07, 6.45) is 4.65. The van der Waals surface area contributed by atoms with E-state index in [1.54, 1.807) is 24.6 Å². The third kappa shape index (κ3) is 4.22. The van der Waals surface area contributed by atoms with Gasteiger partial charge in [-0.2, -0.15) is 4.98 Å². The van der Waals surface area contributed by atoms with Crippen LogP contribution in [-0.2, 0) is 4.74 Å². The van der Waals surface area contributed by atoms with Crippen molar-refractivity contribution >= 4 is 34.0 Å². The van der Waals surface area contributed by atoms with Crippen LogP contribution in [0.15, 0.2) is 65.4 Å². The number of amides is 1. The molecule has 36 heavy (non-hydrogen) atoms. The smallest absolute Gasteiger partial charge is 0.412 e. The zero-order chi connectivity index (χ0) is 24.5. The summed E-state index contributed by atoms with van der Waals surface area (Å²) in [6, 6.07) is 15.3. The fourth-order valence-corrected chi connectivity index (χ4v) is 4.38.